The maximum absolute atomic E-state index is 12.8. The van der Waals surface area contributed by atoms with Crippen LogP contribution in [0.1, 0.15) is 252 Å². The van der Waals surface area contributed by atoms with Crippen LogP contribution >= 0.6 is 0 Å². The Bertz CT molecular complexity index is 1420. The molecule has 398 valence electrons. The number of esters is 2. The van der Waals surface area contributed by atoms with Gasteiger partial charge in [0.15, 0.2) is 6.10 Å². The number of hydrogen-bond acceptors (Lipinski definition) is 5. The number of rotatable bonds is 52. The molecule has 0 radical (unpaired) electrons. The van der Waals surface area contributed by atoms with Gasteiger partial charge < -0.3 is 14.2 Å². The summed E-state index contributed by atoms with van der Waals surface area (Å²) in [6.07, 6.45) is 83.8. The number of carbonyl (C=O) groups excluding carboxylic acids is 2. The summed E-state index contributed by atoms with van der Waals surface area (Å²) in [7, 11) is 0. The Morgan fingerprint density at radius 1 is 0.329 bits per heavy atom. The van der Waals surface area contributed by atoms with Crippen molar-refractivity contribution < 1.29 is 23.8 Å². The number of carbonyl (C=O) groups is 2. The van der Waals surface area contributed by atoms with E-state index in [-0.39, 0.29) is 25.2 Å². The third-order valence-corrected chi connectivity index (χ3v) is 12.0. The lowest BCUT2D eigenvalue weighted by Crippen LogP contribution is -2.30. The van der Waals surface area contributed by atoms with E-state index in [4.69, 9.17) is 14.2 Å². The molecule has 0 spiro atoms. The molecule has 0 N–H and O–H groups in total. The lowest BCUT2D eigenvalue weighted by atomic mass is 10.0. The number of ether oxygens (including phenoxy) is 3. The van der Waals surface area contributed by atoms with Crippen LogP contribution in [0, 0.1) is 0 Å². The van der Waals surface area contributed by atoms with Crippen LogP contribution in [0.4, 0.5) is 0 Å². The fourth-order valence-corrected chi connectivity index (χ4v) is 7.75. The minimum atomic E-state index is -0.596. The smallest absolute Gasteiger partial charge is 0.306 e. The van der Waals surface area contributed by atoms with Gasteiger partial charge in [-0.05, 0) is 103 Å². The van der Waals surface area contributed by atoms with E-state index in [1.54, 1.807) is 0 Å². The zero-order valence-electron chi connectivity index (χ0n) is 45.7. The van der Waals surface area contributed by atoms with E-state index in [1.165, 1.54) is 109 Å². The molecule has 0 bridgehead atoms. The molecule has 0 aliphatic rings. The summed E-state index contributed by atoms with van der Waals surface area (Å²) in [6, 6.07) is 0. The van der Waals surface area contributed by atoms with E-state index in [0.29, 0.717) is 25.9 Å². The summed E-state index contributed by atoms with van der Waals surface area (Å²) in [5, 5.41) is 0. The molecule has 0 aromatic rings. The molecule has 0 aromatic heterocycles. The van der Waals surface area contributed by atoms with E-state index in [0.717, 1.165) is 103 Å². The van der Waals surface area contributed by atoms with Gasteiger partial charge in [0.05, 0.1) is 6.61 Å². The van der Waals surface area contributed by atoms with Crippen LogP contribution in [0.25, 0.3) is 0 Å². The molecule has 0 amide bonds. The van der Waals surface area contributed by atoms with Gasteiger partial charge >= 0.3 is 11.9 Å². The maximum atomic E-state index is 12.8. The standard InChI is InChI=1S/C65H108O5/c1-4-7-10-13-16-19-22-25-28-31-33-35-37-40-43-46-49-52-55-58-64(66)69-62-63(61-68-60-57-54-51-48-45-42-39-36-32-29-26-23-20-17-14-11-8-5-2)70-65(67)59-56-53-50-47-44-41-38-34-30-27-24-21-18-15-12-9-6-3/h8-9,11-12,17-18,20-21,26-27,29-30,36,38-39,41,45,47-48,50,63H,4-7,10,13-16,19,22-25,28,31-35,37,40,42-44,46,49,51-62H2,1-3H3/b11-8-,12-9-,20-17-,21-18-,29-26-,30-27-,39-36-,41-38-,48-45-,50-47-. The zero-order chi connectivity index (χ0) is 50.6. The summed E-state index contributed by atoms with van der Waals surface area (Å²) in [5.74, 6) is -0.488. The van der Waals surface area contributed by atoms with Crippen molar-refractivity contribution >= 4 is 11.9 Å². The van der Waals surface area contributed by atoms with Gasteiger partial charge in [0.25, 0.3) is 0 Å². The Labute approximate surface area is 433 Å². The Balaban J connectivity index is 4.43. The molecule has 5 heteroatoms. The third-order valence-electron chi connectivity index (χ3n) is 12.0. The molecular weight excluding hydrogens is 861 g/mol. The fourth-order valence-electron chi connectivity index (χ4n) is 7.75. The van der Waals surface area contributed by atoms with E-state index >= 15 is 0 Å². The predicted octanol–water partition coefficient (Wildman–Crippen LogP) is 20.1. The molecule has 0 saturated carbocycles. The predicted molar refractivity (Wildman–Crippen MR) is 306 cm³/mol. The molecule has 70 heavy (non-hydrogen) atoms. The summed E-state index contributed by atoms with van der Waals surface area (Å²) in [6.45, 7) is 7.45. The first kappa shape index (κ1) is 66.3. The Kier molecular flexibility index (Phi) is 56.5. The van der Waals surface area contributed by atoms with Crippen molar-refractivity contribution in [1.82, 2.24) is 0 Å². The van der Waals surface area contributed by atoms with Crippen molar-refractivity contribution in [3.63, 3.8) is 0 Å². The minimum Gasteiger partial charge on any atom is -0.462 e. The Morgan fingerprint density at radius 2 is 0.657 bits per heavy atom. The van der Waals surface area contributed by atoms with Crippen molar-refractivity contribution in [2.75, 3.05) is 19.8 Å². The van der Waals surface area contributed by atoms with Gasteiger partial charge in [0.2, 0.25) is 0 Å². The second-order valence-electron chi connectivity index (χ2n) is 18.8. The summed E-state index contributed by atoms with van der Waals surface area (Å²) in [4.78, 5) is 25.5. The van der Waals surface area contributed by atoms with Crippen molar-refractivity contribution in [3.8, 4) is 0 Å². The average molecular weight is 970 g/mol. The van der Waals surface area contributed by atoms with E-state index < -0.39 is 6.10 Å². The van der Waals surface area contributed by atoms with E-state index in [1.807, 2.05) is 0 Å². The van der Waals surface area contributed by atoms with Crippen LogP contribution in [0.15, 0.2) is 122 Å². The van der Waals surface area contributed by atoms with Gasteiger partial charge in [-0.15, -0.1) is 0 Å². The lowest BCUT2D eigenvalue weighted by molar-refractivity contribution is -0.162. The lowest BCUT2D eigenvalue weighted by Gasteiger charge is -2.18. The molecule has 1 unspecified atom stereocenters. The highest BCUT2D eigenvalue weighted by atomic mass is 16.6. The molecule has 0 saturated heterocycles. The van der Waals surface area contributed by atoms with Crippen LogP contribution in [0.2, 0.25) is 0 Å². The highest BCUT2D eigenvalue weighted by Gasteiger charge is 2.17. The van der Waals surface area contributed by atoms with E-state index in [9.17, 15) is 9.59 Å². The molecular formula is C65H108O5. The molecule has 0 rings (SSSR count). The van der Waals surface area contributed by atoms with Crippen LogP contribution in [0.5, 0.6) is 0 Å². The first-order chi connectivity index (χ1) is 34.6. The van der Waals surface area contributed by atoms with Crippen LogP contribution < -0.4 is 0 Å². The van der Waals surface area contributed by atoms with Crippen LogP contribution in [-0.4, -0.2) is 37.9 Å². The van der Waals surface area contributed by atoms with Crippen molar-refractivity contribution in [2.45, 2.75) is 258 Å². The molecule has 0 aromatic carbocycles. The Morgan fingerprint density at radius 3 is 1.04 bits per heavy atom. The van der Waals surface area contributed by atoms with Crippen molar-refractivity contribution in [1.29, 1.82) is 0 Å². The van der Waals surface area contributed by atoms with E-state index in [2.05, 4.69) is 142 Å². The topological polar surface area (TPSA) is 61.8 Å². The monoisotopic (exact) mass is 969 g/mol. The normalized spacial score (nSPS) is 13.1. The van der Waals surface area contributed by atoms with Crippen molar-refractivity contribution in [3.05, 3.63) is 122 Å². The largest absolute Gasteiger partial charge is 0.462 e. The molecule has 0 fully saturated rings. The number of unbranched alkanes of at least 4 members (excludes halogenated alkanes) is 21. The quantitative estimate of drug-likeness (QED) is 0.0345. The molecule has 0 aliphatic carbocycles. The zero-order valence-corrected chi connectivity index (χ0v) is 45.7. The average Bonchev–Trinajstić information content (AvgIpc) is 3.36. The molecule has 0 heterocycles. The maximum Gasteiger partial charge on any atom is 0.306 e. The second-order valence-corrected chi connectivity index (χ2v) is 18.8. The summed E-state index contributed by atoms with van der Waals surface area (Å²) in [5.41, 5.74) is 0. The van der Waals surface area contributed by atoms with Gasteiger partial charge in [-0.25, -0.2) is 0 Å². The second kappa shape index (κ2) is 59.6. The highest BCUT2D eigenvalue weighted by Crippen LogP contribution is 2.15. The number of hydrogen-bond donors (Lipinski definition) is 0. The van der Waals surface area contributed by atoms with Gasteiger partial charge in [-0.3, -0.25) is 9.59 Å². The van der Waals surface area contributed by atoms with Gasteiger partial charge in [-0.1, -0.05) is 258 Å². The van der Waals surface area contributed by atoms with Crippen molar-refractivity contribution in [2.24, 2.45) is 0 Å². The van der Waals surface area contributed by atoms with Gasteiger partial charge in [0, 0.05) is 19.4 Å². The summed E-state index contributed by atoms with van der Waals surface area (Å²) < 4.78 is 17.4. The number of allylic oxidation sites excluding steroid dienone is 20. The first-order valence-corrected chi connectivity index (χ1v) is 29.1. The first-order valence-electron chi connectivity index (χ1n) is 29.1. The minimum absolute atomic E-state index is 0.0402. The SMILES string of the molecule is CC/C=C\C/C=C\C/C=C\C/C=C\C/C=C\CCCCOCC(COC(=O)CCCCCCCCCCCCCCCCCCCCC)OC(=O)CCC/C=C\C/C=C\C/C=C\C/C=C\C/C=C\CC. The Hall–Kier alpha value is -3.70. The molecule has 0 aliphatic heterocycles. The summed E-state index contributed by atoms with van der Waals surface area (Å²) >= 11 is 0. The molecule has 1 atom stereocenters. The van der Waals surface area contributed by atoms with Crippen LogP contribution in [0.3, 0.4) is 0 Å². The van der Waals surface area contributed by atoms with Gasteiger partial charge in [0.1, 0.15) is 6.61 Å². The fraction of sp³-hybridized carbons (Fsp3) is 0.662. The molecule has 5 nitrogen and oxygen atoms in total. The van der Waals surface area contributed by atoms with Crippen LogP contribution in [-0.2, 0) is 23.8 Å². The highest BCUT2D eigenvalue weighted by molar-refractivity contribution is 5.70. The third kappa shape index (κ3) is 56.9. The van der Waals surface area contributed by atoms with Gasteiger partial charge in [-0.2, -0.15) is 0 Å².